The Kier molecular flexibility index (Phi) is 4.06. The van der Waals surface area contributed by atoms with Gasteiger partial charge >= 0.3 is 0 Å². The highest BCUT2D eigenvalue weighted by atomic mass is 79.9. The molecule has 4 heteroatoms. The van der Waals surface area contributed by atoms with Gasteiger partial charge in [-0.1, -0.05) is 41.1 Å². The molecule has 0 aliphatic carbocycles. The molecule has 21 heavy (non-hydrogen) atoms. The van der Waals surface area contributed by atoms with Crippen molar-refractivity contribution >= 4 is 27.0 Å². The predicted octanol–water partition coefficient (Wildman–Crippen LogP) is 4.94. The summed E-state index contributed by atoms with van der Waals surface area (Å²) in [6, 6.07) is 13.0. The van der Waals surface area contributed by atoms with Gasteiger partial charge in [0, 0.05) is 10.9 Å². The zero-order chi connectivity index (χ0) is 14.8. The van der Waals surface area contributed by atoms with Gasteiger partial charge in [-0.3, -0.25) is 0 Å². The summed E-state index contributed by atoms with van der Waals surface area (Å²) in [7, 11) is 0. The maximum Gasteiger partial charge on any atom is 0.124 e. The Morgan fingerprint density at radius 2 is 2.00 bits per heavy atom. The number of fused-ring (bicyclic) bond motifs is 1. The standard InChI is InChI=1S/C17H16BrFN2/c1-2-5-17-20-15-6-3-4-7-16(15)21(17)11-12-8-9-13(19)10-14(12)18/h3-4,6-10H,2,5,11H2,1H3. The number of aryl methyl sites for hydroxylation is 1. The summed E-state index contributed by atoms with van der Waals surface area (Å²) >= 11 is 3.45. The van der Waals surface area contributed by atoms with Crippen molar-refractivity contribution in [2.24, 2.45) is 0 Å². The summed E-state index contributed by atoms with van der Waals surface area (Å²) in [5, 5.41) is 0. The Morgan fingerprint density at radius 1 is 1.19 bits per heavy atom. The third-order valence-corrected chi connectivity index (χ3v) is 4.29. The van der Waals surface area contributed by atoms with E-state index in [4.69, 9.17) is 4.98 Å². The molecule has 0 N–H and O–H groups in total. The van der Waals surface area contributed by atoms with Gasteiger partial charge in [-0.25, -0.2) is 9.37 Å². The summed E-state index contributed by atoms with van der Waals surface area (Å²) in [4.78, 5) is 4.72. The second-order valence-corrected chi connectivity index (χ2v) is 5.94. The van der Waals surface area contributed by atoms with Crippen LogP contribution in [0.15, 0.2) is 46.9 Å². The number of nitrogens with zero attached hydrogens (tertiary/aromatic N) is 2. The molecule has 0 aliphatic heterocycles. The molecule has 0 radical (unpaired) electrons. The Hall–Kier alpha value is -1.68. The zero-order valence-electron chi connectivity index (χ0n) is 11.8. The Labute approximate surface area is 131 Å². The third kappa shape index (κ3) is 2.86. The van der Waals surface area contributed by atoms with Crippen molar-refractivity contribution in [1.29, 1.82) is 0 Å². The molecule has 0 atom stereocenters. The third-order valence-electron chi connectivity index (χ3n) is 3.55. The molecule has 0 amide bonds. The number of benzene rings is 2. The quantitative estimate of drug-likeness (QED) is 0.654. The van der Waals surface area contributed by atoms with Crippen LogP contribution in [0.25, 0.3) is 11.0 Å². The lowest BCUT2D eigenvalue weighted by molar-refractivity contribution is 0.624. The summed E-state index contributed by atoms with van der Waals surface area (Å²) in [5.74, 6) is 0.852. The molecular weight excluding hydrogens is 331 g/mol. The van der Waals surface area contributed by atoms with Gasteiger partial charge in [-0.05, 0) is 36.2 Å². The smallest absolute Gasteiger partial charge is 0.124 e. The minimum atomic E-state index is -0.227. The first-order valence-electron chi connectivity index (χ1n) is 7.07. The van der Waals surface area contributed by atoms with Gasteiger partial charge < -0.3 is 4.57 Å². The Balaban J connectivity index is 2.07. The van der Waals surface area contributed by atoms with Crippen molar-refractivity contribution in [3.8, 4) is 0 Å². The normalized spacial score (nSPS) is 11.2. The maximum absolute atomic E-state index is 13.2. The first kappa shape index (κ1) is 14.3. The first-order valence-corrected chi connectivity index (χ1v) is 7.86. The van der Waals surface area contributed by atoms with Crippen LogP contribution < -0.4 is 0 Å². The molecule has 0 saturated carbocycles. The number of halogens is 2. The van der Waals surface area contributed by atoms with E-state index in [-0.39, 0.29) is 5.82 Å². The van der Waals surface area contributed by atoms with E-state index >= 15 is 0 Å². The molecule has 2 nitrogen and oxygen atoms in total. The van der Waals surface area contributed by atoms with Crippen LogP contribution in [0, 0.1) is 5.82 Å². The summed E-state index contributed by atoms with van der Waals surface area (Å²) < 4.78 is 16.2. The minimum Gasteiger partial charge on any atom is -0.323 e. The fraction of sp³-hybridized carbons (Fsp3) is 0.235. The van der Waals surface area contributed by atoms with Crippen LogP contribution in [0.4, 0.5) is 4.39 Å². The number of imidazole rings is 1. The van der Waals surface area contributed by atoms with E-state index in [0.29, 0.717) is 6.54 Å². The molecule has 0 saturated heterocycles. The molecule has 0 spiro atoms. The van der Waals surface area contributed by atoms with E-state index in [2.05, 4.69) is 33.5 Å². The number of aromatic nitrogens is 2. The van der Waals surface area contributed by atoms with Gasteiger partial charge in [0.25, 0.3) is 0 Å². The number of para-hydroxylation sites is 2. The molecular formula is C17H16BrFN2. The SMILES string of the molecule is CCCc1nc2ccccc2n1Cc1ccc(F)cc1Br. The molecule has 0 unspecified atom stereocenters. The summed E-state index contributed by atoms with van der Waals surface area (Å²) in [6.07, 6.45) is 1.99. The molecule has 1 aromatic heterocycles. The fourth-order valence-corrected chi connectivity index (χ4v) is 3.01. The molecule has 108 valence electrons. The van der Waals surface area contributed by atoms with Crippen LogP contribution >= 0.6 is 15.9 Å². The van der Waals surface area contributed by atoms with Gasteiger partial charge in [0.1, 0.15) is 11.6 Å². The molecule has 3 rings (SSSR count). The number of hydrogen-bond acceptors (Lipinski definition) is 1. The Bertz CT molecular complexity index is 780. The molecule has 3 aromatic rings. The van der Waals surface area contributed by atoms with Crippen LogP contribution in [0.1, 0.15) is 24.7 Å². The lowest BCUT2D eigenvalue weighted by Crippen LogP contribution is -2.05. The van der Waals surface area contributed by atoms with Crippen molar-refractivity contribution in [2.75, 3.05) is 0 Å². The van der Waals surface area contributed by atoms with Gasteiger partial charge in [-0.2, -0.15) is 0 Å². The molecule has 0 fully saturated rings. The van der Waals surface area contributed by atoms with E-state index in [1.807, 2.05) is 24.3 Å². The van der Waals surface area contributed by atoms with Crippen LogP contribution in [-0.4, -0.2) is 9.55 Å². The average Bonchev–Trinajstić information content (AvgIpc) is 2.80. The van der Waals surface area contributed by atoms with Crippen LogP contribution in [-0.2, 0) is 13.0 Å². The van der Waals surface area contributed by atoms with E-state index in [0.717, 1.165) is 39.7 Å². The van der Waals surface area contributed by atoms with Crippen molar-refractivity contribution < 1.29 is 4.39 Å². The van der Waals surface area contributed by atoms with E-state index in [1.54, 1.807) is 0 Å². The highest BCUT2D eigenvalue weighted by molar-refractivity contribution is 9.10. The Morgan fingerprint density at radius 3 is 2.76 bits per heavy atom. The average molecular weight is 347 g/mol. The molecule has 1 heterocycles. The highest BCUT2D eigenvalue weighted by Crippen LogP contribution is 2.23. The second kappa shape index (κ2) is 5.98. The van der Waals surface area contributed by atoms with Crippen molar-refractivity contribution in [3.63, 3.8) is 0 Å². The maximum atomic E-state index is 13.2. The van der Waals surface area contributed by atoms with Gasteiger partial charge in [-0.15, -0.1) is 0 Å². The largest absolute Gasteiger partial charge is 0.323 e. The molecule has 2 aromatic carbocycles. The van der Waals surface area contributed by atoms with Crippen LogP contribution in [0.5, 0.6) is 0 Å². The monoisotopic (exact) mass is 346 g/mol. The lowest BCUT2D eigenvalue weighted by Gasteiger charge is -2.10. The zero-order valence-corrected chi connectivity index (χ0v) is 13.4. The van der Waals surface area contributed by atoms with Crippen LogP contribution in [0.3, 0.4) is 0 Å². The topological polar surface area (TPSA) is 17.8 Å². The molecule has 0 bridgehead atoms. The van der Waals surface area contributed by atoms with E-state index < -0.39 is 0 Å². The highest BCUT2D eigenvalue weighted by Gasteiger charge is 2.11. The second-order valence-electron chi connectivity index (χ2n) is 5.09. The van der Waals surface area contributed by atoms with Gasteiger partial charge in [0.2, 0.25) is 0 Å². The number of hydrogen-bond donors (Lipinski definition) is 0. The first-order chi connectivity index (χ1) is 10.2. The van der Waals surface area contributed by atoms with Crippen LogP contribution in [0.2, 0.25) is 0 Å². The predicted molar refractivity (Wildman–Crippen MR) is 86.9 cm³/mol. The van der Waals surface area contributed by atoms with Crippen molar-refractivity contribution in [3.05, 3.63) is 64.1 Å². The van der Waals surface area contributed by atoms with Crippen molar-refractivity contribution in [1.82, 2.24) is 9.55 Å². The minimum absolute atomic E-state index is 0.227. The fourth-order valence-electron chi connectivity index (χ4n) is 2.54. The number of rotatable bonds is 4. The lowest BCUT2D eigenvalue weighted by atomic mass is 10.2. The molecule has 0 aliphatic rings. The van der Waals surface area contributed by atoms with Gasteiger partial charge in [0.05, 0.1) is 17.6 Å². The summed E-state index contributed by atoms with van der Waals surface area (Å²) in [6.45, 7) is 2.84. The summed E-state index contributed by atoms with van der Waals surface area (Å²) in [5.41, 5.74) is 3.19. The van der Waals surface area contributed by atoms with E-state index in [1.165, 1.54) is 12.1 Å². The van der Waals surface area contributed by atoms with Gasteiger partial charge in [0.15, 0.2) is 0 Å². The van der Waals surface area contributed by atoms with E-state index in [9.17, 15) is 4.39 Å². The van der Waals surface area contributed by atoms with Crippen molar-refractivity contribution in [2.45, 2.75) is 26.3 Å².